The van der Waals surface area contributed by atoms with Gasteiger partial charge in [-0.2, -0.15) is 8.78 Å². The number of rotatable bonds is 9. The molecule has 134 valence electrons. The van der Waals surface area contributed by atoms with Crippen LogP contribution in [0.5, 0.6) is 0 Å². The van der Waals surface area contributed by atoms with Crippen LogP contribution in [0.1, 0.15) is 31.6 Å². The van der Waals surface area contributed by atoms with Gasteiger partial charge in [0.25, 0.3) is 0 Å². The van der Waals surface area contributed by atoms with Gasteiger partial charge in [-0.3, -0.25) is 19.1 Å². The van der Waals surface area contributed by atoms with Crippen LogP contribution in [0.25, 0.3) is 0 Å². The number of imidazole rings is 1. The molecule has 1 saturated heterocycles. The van der Waals surface area contributed by atoms with Gasteiger partial charge in [-0.1, -0.05) is 0 Å². The molecule has 0 saturated carbocycles. The molecular weight excluding hydrogens is 320 g/mol. The van der Waals surface area contributed by atoms with Crippen molar-refractivity contribution in [1.82, 2.24) is 24.7 Å². The Morgan fingerprint density at radius 3 is 2.96 bits per heavy atom. The maximum absolute atomic E-state index is 12.7. The minimum absolute atomic E-state index is 0.0960. The van der Waals surface area contributed by atoms with Gasteiger partial charge in [0.05, 0.1) is 13.1 Å². The number of likely N-dealkylation sites (N-methyl/N-ethyl adjacent to an activating group) is 1. The Hall–Kier alpha value is -2.03. The van der Waals surface area contributed by atoms with Crippen molar-refractivity contribution >= 4 is 11.8 Å². The summed E-state index contributed by atoms with van der Waals surface area (Å²) in [5, 5.41) is 2.78. The molecule has 0 bridgehead atoms. The maximum atomic E-state index is 12.7. The van der Waals surface area contributed by atoms with Crippen molar-refractivity contribution in [1.29, 1.82) is 0 Å². The quantitative estimate of drug-likeness (QED) is 0.675. The molecule has 0 unspecified atom stereocenters. The van der Waals surface area contributed by atoms with Gasteiger partial charge in [0.15, 0.2) is 0 Å². The minimum Gasteiger partial charge on any atom is -0.355 e. The number of hydrogen-bond donors (Lipinski definition) is 1. The molecule has 9 heteroatoms. The van der Waals surface area contributed by atoms with E-state index in [1.54, 1.807) is 11.9 Å². The second-order valence-corrected chi connectivity index (χ2v) is 5.89. The Kier molecular flexibility index (Phi) is 6.65. The van der Waals surface area contributed by atoms with Crippen LogP contribution in [0.3, 0.4) is 0 Å². The zero-order valence-corrected chi connectivity index (χ0v) is 13.8. The lowest BCUT2D eigenvalue weighted by Crippen LogP contribution is -2.37. The van der Waals surface area contributed by atoms with Gasteiger partial charge in [-0.25, -0.2) is 4.98 Å². The fourth-order valence-electron chi connectivity index (χ4n) is 2.68. The van der Waals surface area contributed by atoms with Crippen molar-refractivity contribution in [2.24, 2.45) is 0 Å². The molecule has 1 aliphatic rings. The average Bonchev–Trinajstić information content (AvgIpc) is 3.12. The number of carbonyl (C=O) groups excluding carboxylic acids is 2. The molecule has 24 heavy (non-hydrogen) atoms. The Bertz CT molecular complexity index is 564. The van der Waals surface area contributed by atoms with Crippen molar-refractivity contribution in [3.8, 4) is 0 Å². The summed E-state index contributed by atoms with van der Waals surface area (Å²) in [5.74, 6) is 0.212. The van der Waals surface area contributed by atoms with Crippen molar-refractivity contribution in [2.45, 2.75) is 32.4 Å². The third-order valence-electron chi connectivity index (χ3n) is 3.88. The normalized spacial score (nSPS) is 14.9. The number of nitrogens with zero attached hydrogens (tertiary/aromatic N) is 4. The van der Waals surface area contributed by atoms with Gasteiger partial charge in [-0.15, -0.1) is 0 Å². The predicted octanol–water partition coefficient (Wildman–Crippen LogP) is 0.839. The lowest BCUT2D eigenvalue weighted by molar-refractivity contribution is -0.127. The van der Waals surface area contributed by atoms with E-state index < -0.39 is 6.55 Å². The van der Waals surface area contributed by atoms with E-state index in [0.717, 1.165) is 17.5 Å². The largest absolute Gasteiger partial charge is 0.355 e. The number of likely N-dealkylation sites (tertiary alicyclic amines) is 1. The molecule has 0 radical (unpaired) electrons. The lowest BCUT2D eigenvalue weighted by atomic mass is 10.3. The zero-order valence-electron chi connectivity index (χ0n) is 13.8. The number of aromatic nitrogens is 2. The minimum atomic E-state index is -2.64. The third kappa shape index (κ3) is 5.26. The Labute approximate surface area is 139 Å². The fraction of sp³-hybridized carbons (Fsp3) is 0.667. The molecule has 2 heterocycles. The number of amides is 2. The van der Waals surface area contributed by atoms with Gasteiger partial charge in [0.1, 0.15) is 5.82 Å². The SMILES string of the molecule is CN(CC(=O)NCCCN1CCCC1=O)Cc1nccn1C(F)F. The van der Waals surface area contributed by atoms with Crippen LogP contribution in [0.4, 0.5) is 8.78 Å². The van der Waals surface area contributed by atoms with Crippen molar-refractivity contribution in [3.05, 3.63) is 18.2 Å². The Morgan fingerprint density at radius 2 is 2.29 bits per heavy atom. The Morgan fingerprint density at radius 1 is 1.50 bits per heavy atom. The summed E-state index contributed by atoms with van der Waals surface area (Å²) in [6, 6.07) is 0. The van der Waals surface area contributed by atoms with Crippen LogP contribution in [0.2, 0.25) is 0 Å². The molecule has 0 aliphatic carbocycles. The highest BCUT2D eigenvalue weighted by molar-refractivity contribution is 5.78. The highest BCUT2D eigenvalue weighted by atomic mass is 19.3. The van der Waals surface area contributed by atoms with E-state index in [0.29, 0.717) is 25.9 Å². The molecule has 0 spiro atoms. The summed E-state index contributed by atoms with van der Waals surface area (Å²) in [7, 11) is 1.67. The summed E-state index contributed by atoms with van der Waals surface area (Å²) in [6.45, 7) is -0.445. The molecule has 1 aliphatic heterocycles. The molecule has 2 amide bonds. The first-order valence-electron chi connectivity index (χ1n) is 8.00. The standard InChI is InChI=1S/C15H23F2N5O2/c1-20(10-12-18-6-9-22(12)15(16)17)11-13(23)19-5-3-8-21-7-2-4-14(21)24/h6,9,15H,2-5,7-8,10-11H2,1H3,(H,19,23). The van der Waals surface area contributed by atoms with E-state index in [1.807, 2.05) is 4.90 Å². The molecule has 1 N–H and O–H groups in total. The van der Waals surface area contributed by atoms with Gasteiger partial charge in [0, 0.05) is 38.4 Å². The van der Waals surface area contributed by atoms with E-state index in [-0.39, 0.29) is 30.7 Å². The van der Waals surface area contributed by atoms with Crippen LogP contribution in [-0.2, 0) is 16.1 Å². The second kappa shape index (κ2) is 8.72. The molecule has 2 rings (SSSR count). The molecule has 0 atom stereocenters. The summed E-state index contributed by atoms with van der Waals surface area (Å²) in [5.41, 5.74) is 0. The van der Waals surface area contributed by atoms with Crippen LogP contribution in [-0.4, -0.2) is 64.4 Å². The number of hydrogen-bond acceptors (Lipinski definition) is 4. The van der Waals surface area contributed by atoms with E-state index in [4.69, 9.17) is 0 Å². The topological polar surface area (TPSA) is 70.5 Å². The summed E-state index contributed by atoms with van der Waals surface area (Å²) in [4.78, 5) is 30.6. The lowest BCUT2D eigenvalue weighted by Gasteiger charge is -2.18. The zero-order chi connectivity index (χ0) is 17.5. The predicted molar refractivity (Wildman–Crippen MR) is 83.3 cm³/mol. The summed E-state index contributed by atoms with van der Waals surface area (Å²) in [6.07, 6.45) is 4.76. The number of nitrogens with one attached hydrogen (secondary N) is 1. The second-order valence-electron chi connectivity index (χ2n) is 5.89. The van der Waals surface area contributed by atoms with E-state index in [1.165, 1.54) is 12.4 Å². The van der Waals surface area contributed by atoms with Gasteiger partial charge in [-0.05, 0) is 19.9 Å². The van der Waals surface area contributed by atoms with Crippen molar-refractivity contribution < 1.29 is 18.4 Å². The van der Waals surface area contributed by atoms with Crippen LogP contribution >= 0.6 is 0 Å². The summed E-state index contributed by atoms with van der Waals surface area (Å²) < 4.78 is 26.2. The molecule has 0 aromatic carbocycles. The molecular formula is C15H23F2N5O2. The van der Waals surface area contributed by atoms with Gasteiger partial charge in [0.2, 0.25) is 11.8 Å². The number of halogens is 2. The van der Waals surface area contributed by atoms with Crippen LogP contribution in [0.15, 0.2) is 12.4 Å². The molecule has 1 aromatic heterocycles. The highest BCUT2D eigenvalue weighted by Gasteiger charge is 2.19. The molecule has 1 fully saturated rings. The van der Waals surface area contributed by atoms with Crippen molar-refractivity contribution in [2.75, 3.05) is 33.2 Å². The monoisotopic (exact) mass is 343 g/mol. The fourth-order valence-corrected chi connectivity index (χ4v) is 2.68. The van der Waals surface area contributed by atoms with E-state index in [9.17, 15) is 18.4 Å². The smallest absolute Gasteiger partial charge is 0.319 e. The number of alkyl halides is 2. The first-order valence-corrected chi connectivity index (χ1v) is 8.00. The van der Waals surface area contributed by atoms with Crippen molar-refractivity contribution in [3.63, 3.8) is 0 Å². The van der Waals surface area contributed by atoms with Crippen LogP contribution in [0, 0.1) is 0 Å². The van der Waals surface area contributed by atoms with Crippen LogP contribution < -0.4 is 5.32 Å². The highest BCUT2D eigenvalue weighted by Crippen LogP contribution is 2.13. The molecule has 1 aromatic rings. The van der Waals surface area contributed by atoms with Gasteiger partial charge < -0.3 is 10.2 Å². The first-order chi connectivity index (χ1) is 11.5. The van der Waals surface area contributed by atoms with E-state index in [2.05, 4.69) is 10.3 Å². The van der Waals surface area contributed by atoms with Gasteiger partial charge >= 0.3 is 6.55 Å². The summed E-state index contributed by atoms with van der Waals surface area (Å²) >= 11 is 0. The van der Waals surface area contributed by atoms with E-state index >= 15 is 0 Å². The molecule has 7 nitrogen and oxygen atoms in total. The number of carbonyl (C=O) groups is 2. The third-order valence-corrected chi connectivity index (χ3v) is 3.88. The first kappa shape index (κ1) is 18.3. The maximum Gasteiger partial charge on any atom is 0.319 e. The average molecular weight is 343 g/mol. The Balaban J connectivity index is 1.64.